The molecule has 1 atom stereocenters. The van der Waals surface area contributed by atoms with Gasteiger partial charge in [-0.25, -0.2) is 9.59 Å². The molecule has 1 heterocycles. The third kappa shape index (κ3) is 5.70. The van der Waals surface area contributed by atoms with Crippen molar-refractivity contribution in [1.29, 1.82) is 0 Å². The van der Waals surface area contributed by atoms with Crippen molar-refractivity contribution in [3.05, 3.63) is 29.3 Å². The fourth-order valence-electron chi connectivity index (χ4n) is 3.14. The number of carbonyl (C=O) groups excluding carboxylic acids is 3. The van der Waals surface area contributed by atoms with E-state index in [4.69, 9.17) is 14.2 Å². The summed E-state index contributed by atoms with van der Waals surface area (Å²) in [5.74, 6) is -0.793. The average Bonchev–Trinajstić information content (AvgIpc) is 2.66. The van der Waals surface area contributed by atoms with Crippen molar-refractivity contribution >= 4 is 17.8 Å². The number of piperidine rings is 1. The van der Waals surface area contributed by atoms with Crippen LogP contribution in [0.3, 0.4) is 0 Å². The van der Waals surface area contributed by atoms with Gasteiger partial charge < -0.3 is 19.1 Å². The molecule has 0 spiro atoms. The SMILES string of the molecule is CCOC(=O)C1CCCCN1C(=O)COC(=O)COc1c(C)cccc1C. The van der Waals surface area contributed by atoms with Gasteiger partial charge in [-0.05, 0) is 51.2 Å². The van der Waals surface area contributed by atoms with E-state index in [0.29, 0.717) is 18.7 Å². The molecular formula is C20H27NO6. The van der Waals surface area contributed by atoms with E-state index in [-0.39, 0.29) is 13.2 Å². The van der Waals surface area contributed by atoms with Crippen LogP contribution in [0.4, 0.5) is 0 Å². The molecule has 0 aromatic heterocycles. The Morgan fingerprint density at radius 1 is 1.07 bits per heavy atom. The quantitative estimate of drug-likeness (QED) is 0.678. The molecule has 1 aromatic carbocycles. The van der Waals surface area contributed by atoms with E-state index in [9.17, 15) is 14.4 Å². The van der Waals surface area contributed by atoms with E-state index >= 15 is 0 Å². The Balaban J connectivity index is 1.84. The first-order valence-electron chi connectivity index (χ1n) is 9.24. The number of para-hydroxylation sites is 1. The molecular weight excluding hydrogens is 350 g/mol. The maximum atomic E-state index is 12.4. The highest BCUT2D eigenvalue weighted by molar-refractivity contribution is 5.86. The van der Waals surface area contributed by atoms with Gasteiger partial charge in [0.1, 0.15) is 11.8 Å². The number of carbonyl (C=O) groups is 3. The third-order valence-electron chi connectivity index (χ3n) is 4.48. The van der Waals surface area contributed by atoms with Crippen molar-refractivity contribution in [2.75, 3.05) is 26.4 Å². The number of aryl methyl sites for hydroxylation is 2. The summed E-state index contributed by atoms with van der Waals surface area (Å²) in [6.45, 7) is 5.54. The molecule has 0 aliphatic carbocycles. The molecule has 27 heavy (non-hydrogen) atoms. The predicted molar refractivity (Wildman–Crippen MR) is 98.4 cm³/mol. The predicted octanol–water partition coefficient (Wildman–Crippen LogP) is 2.17. The fraction of sp³-hybridized carbons (Fsp3) is 0.550. The minimum atomic E-state index is -0.629. The van der Waals surface area contributed by atoms with Crippen LogP contribution >= 0.6 is 0 Å². The molecule has 0 bridgehead atoms. The molecule has 1 saturated heterocycles. The summed E-state index contributed by atoms with van der Waals surface area (Å²) in [4.78, 5) is 37.8. The smallest absolute Gasteiger partial charge is 0.344 e. The first-order chi connectivity index (χ1) is 12.9. The Kier molecular flexibility index (Phi) is 7.64. The summed E-state index contributed by atoms with van der Waals surface area (Å²) < 4.78 is 15.6. The minimum Gasteiger partial charge on any atom is -0.481 e. The van der Waals surface area contributed by atoms with Gasteiger partial charge in [0.25, 0.3) is 5.91 Å². The summed E-state index contributed by atoms with van der Waals surface area (Å²) in [5.41, 5.74) is 1.84. The Hall–Kier alpha value is -2.57. The number of hydrogen-bond donors (Lipinski definition) is 0. The van der Waals surface area contributed by atoms with Gasteiger partial charge in [0.15, 0.2) is 13.2 Å². The van der Waals surface area contributed by atoms with Crippen molar-refractivity contribution in [2.45, 2.75) is 46.1 Å². The normalized spacial score (nSPS) is 16.6. The van der Waals surface area contributed by atoms with Crippen molar-refractivity contribution < 1.29 is 28.6 Å². The van der Waals surface area contributed by atoms with Crippen LogP contribution in [-0.4, -0.2) is 55.2 Å². The lowest BCUT2D eigenvalue weighted by atomic mass is 10.0. The molecule has 1 fully saturated rings. The number of esters is 2. The maximum Gasteiger partial charge on any atom is 0.344 e. The molecule has 1 aliphatic heterocycles. The van der Waals surface area contributed by atoms with Gasteiger partial charge in [-0.2, -0.15) is 0 Å². The highest BCUT2D eigenvalue weighted by atomic mass is 16.6. The van der Waals surface area contributed by atoms with Crippen LogP contribution in [0.25, 0.3) is 0 Å². The molecule has 0 N–H and O–H groups in total. The van der Waals surface area contributed by atoms with Crippen LogP contribution in [0.1, 0.15) is 37.3 Å². The van der Waals surface area contributed by atoms with Crippen LogP contribution in [0, 0.1) is 13.8 Å². The maximum absolute atomic E-state index is 12.4. The zero-order chi connectivity index (χ0) is 19.8. The number of hydrogen-bond acceptors (Lipinski definition) is 6. The standard InChI is InChI=1S/C20H27NO6/c1-4-25-20(24)16-10-5-6-11-21(16)17(22)12-26-18(23)13-27-19-14(2)8-7-9-15(19)3/h7-9,16H,4-6,10-13H2,1-3H3. The molecule has 2 rings (SSSR count). The van der Waals surface area contributed by atoms with Crippen molar-refractivity contribution in [3.63, 3.8) is 0 Å². The molecule has 7 nitrogen and oxygen atoms in total. The molecule has 1 aromatic rings. The molecule has 7 heteroatoms. The number of amides is 1. The zero-order valence-corrected chi connectivity index (χ0v) is 16.2. The topological polar surface area (TPSA) is 82.1 Å². The van der Waals surface area contributed by atoms with Gasteiger partial charge in [-0.15, -0.1) is 0 Å². The molecule has 1 aliphatic rings. The van der Waals surface area contributed by atoms with E-state index in [1.54, 1.807) is 6.92 Å². The minimum absolute atomic E-state index is 0.266. The summed E-state index contributed by atoms with van der Waals surface area (Å²) in [6.07, 6.45) is 2.23. The monoisotopic (exact) mass is 377 g/mol. The largest absolute Gasteiger partial charge is 0.481 e. The lowest BCUT2D eigenvalue weighted by Gasteiger charge is -2.33. The molecule has 1 unspecified atom stereocenters. The Labute approximate surface area is 159 Å². The Morgan fingerprint density at radius 3 is 2.44 bits per heavy atom. The summed E-state index contributed by atoms with van der Waals surface area (Å²) >= 11 is 0. The number of ether oxygens (including phenoxy) is 3. The van der Waals surface area contributed by atoms with E-state index in [1.807, 2.05) is 32.0 Å². The third-order valence-corrected chi connectivity index (χ3v) is 4.48. The van der Waals surface area contributed by atoms with Gasteiger partial charge in [-0.1, -0.05) is 18.2 Å². The second-order valence-corrected chi connectivity index (χ2v) is 6.52. The number of likely N-dealkylation sites (tertiary alicyclic amines) is 1. The van der Waals surface area contributed by atoms with Gasteiger partial charge >= 0.3 is 11.9 Å². The van der Waals surface area contributed by atoms with Crippen LogP contribution < -0.4 is 4.74 Å². The van der Waals surface area contributed by atoms with Gasteiger partial charge in [-0.3, -0.25) is 4.79 Å². The van der Waals surface area contributed by atoms with Crippen LogP contribution in [0.15, 0.2) is 18.2 Å². The molecule has 1 amide bonds. The number of nitrogens with zero attached hydrogens (tertiary/aromatic N) is 1. The highest BCUT2D eigenvalue weighted by Gasteiger charge is 2.33. The highest BCUT2D eigenvalue weighted by Crippen LogP contribution is 2.22. The lowest BCUT2D eigenvalue weighted by molar-refractivity contribution is -0.161. The van der Waals surface area contributed by atoms with Gasteiger partial charge in [0, 0.05) is 6.54 Å². The van der Waals surface area contributed by atoms with Crippen molar-refractivity contribution in [1.82, 2.24) is 4.90 Å². The van der Waals surface area contributed by atoms with Crippen LogP contribution in [0.2, 0.25) is 0 Å². The van der Waals surface area contributed by atoms with Crippen LogP contribution in [0.5, 0.6) is 5.75 Å². The zero-order valence-electron chi connectivity index (χ0n) is 16.2. The van der Waals surface area contributed by atoms with Crippen molar-refractivity contribution in [2.24, 2.45) is 0 Å². The summed E-state index contributed by atoms with van der Waals surface area (Å²) in [6, 6.07) is 5.09. The van der Waals surface area contributed by atoms with Crippen molar-refractivity contribution in [3.8, 4) is 5.75 Å². The first-order valence-corrected chi connectivity index (χ1v) is 9.24. The average molecular weight is 377 g/mol. The number of benzene rings is 1. The van der Waals surface area contributed by atoms with E-state index in [2.05, 4.69) is 0 Å². The fourth-order valence-corrected chi connectivity index (χ4v) is 3.14. The summed E-state index contributed by atoms with van der Waals surface area (Å²) in [5, 5.41) is 0. The molecule has 0 radical (unpaired) electrons. The van der Waals surface area contributed by atoms with Crippen LogP contribution in [-0.2, 0) is 23.9 Å². The van der Waals surface area contributed by atoms with Gasteiger partial charge in [0.05, 0.1) is 6.61 Å². The Bertz CT molecular complexity index is 667. The summed E-state index contributed by atoms with van der Waals surface area (Å²) in [7, 11) is 0. The second kappa shape index (κ2) is 9.94. The second-order valence-electron chi connectivity index (χ2n) is 6.52. The molecule has 0 saturated carbocycles. The first kappa shape index (κ1) is 20.7. The molecule has 148 valence electrons. The Morgan fingerprint density at radius 2 is 1.78 bits per heavy atom. The van der Waals surface area contributed by atoms with E-state index in [0.717, 1.165) is 24.0 Å². The van der Waals surface area contributed by atoms with E-state index in [1.165, 1.54) is 4.90 Å². The van der Waals surface area contributed by atoms with Gasteiger partial charge in [0.2, 0.25) is 0 Å². The lowest BCUT2D eigenvalue weighted by Crippen LogP contribution is -2.50. The number of rotatable bonds is 7. The van der Waals surface area contributed by atoms with E-state index < -0.39 is 30.5 Å².